The van der Waals surface area contributed by atoms with Crippen LogP contribution >= 0.6 is 0 Å². The van der Waals surface area contributed by atoms with Crippen LogP contribution in [0.1, 0.15) is 45.9 Å². The number of benzene rings is 8. The van der Waals surface area contributed by atoms with Crippen molar-refractivity contribution in [3.05, 3.63) is 227 Å². The molecule has 0 bridgehead atoms. The fourth-order valence-corrected chi connectivity index (χ4v) is 8.91. The van der Waals surface area contributed by atoms with Crippen molar-refractivity contribution in [1.82, 2.24) is 0 Å². The lowest BCUT2D eigenvalue weighted by Gasteiger charge is -2.39. The molecule has 0 saturated carbocycles. The average Bonchev–Trinajstić information content (AvgIpc) is 3.47. The molecule has 1 heterocycles. The van der Waals surface area contributed by atoms with Crippen LogP contribution in [0.5, 0.6) is 11.5 Å². The van der Waals surface area contributed by atoms with E-state index in [1.807, 2.05) is 0 Å². The van der Waals surface area contributed by atoms with Crippen LogP contribution in [0.3, 0.4) is 0 Å². The summed E-state index contributed by atoms with van der Waals surface area (Å²) in [5.41, 5.74) is 12.6. The summed E-state index contributed by atoms with van der Waals surface area (Å²) in [5.74, 6) is 1.82. The molecule has 0 spiro atoms. The molecule has 1 aliphatic carbocycles. The van der Waals surface area contributed by atoms with Gasteiger partial charge < -0.3 is 4.74 Å². The Labute approximate surface area is 293 Å². The summed E-state index contributed by atoms with van der Waals surface area (Å²) in [6.07, 6.45) is 0. The molecule has 8 aromatic carbocycles. The van der Waals surface area contributed by atoms with Gasteiger partial charge >= 0.3 is 0 Å². The van der Waals surface area contributed by atoms with Crippen molar-refractivity contribution < 1.29 is 4.74 Å². The zero-order chi connectivity index (χ0) is 33.3. The number of hydrogen-bond acceptors (Lipinski definition) is 1. The lowest BCUT2D eigenvalue weighted by atomic mass is 9.67. The highest BCUT2D eigenvalue weighted by molar-refractivity contribution is 5.97. The summed E-state index contributed by atoms with van der Waals surface area (Å²) < 4.78 is 6.93. The van der Waals surface area contributed by atoms with E-state index in [1.54, 1.807) is 0 Å². The van der Waals surface area contributed by atoms with E-state index in [1.165, 1.54) is 60.8 Å². The zero-order valence-corrected chi connectivity index (χ0v) is 27.8. The minimum Gasteiger partial charge on any atom is -0.456 e. The minimum atomic E-state index is -0.506. The molecular weight excluding hydrogens is 605 g/mol. The Morgan fingerprint density at radius 2 is 0.940 bits per heavy atom. The van der Waals surface area contributed by atoms with Gasteiger partial charge in [0.2, 0.25) is 0 Å². The summed E-state index contributed by atoms with van der Waals surface area (Å²) in [7, 11) is 0. The Hall–Kier alpha value is -6.18. The Morgan fingerprint density at radius 3 is 1.64 bits per heavy atom. The van der Waals surface area contributed by atoms with Gasteiger partial charge in [-0.05, 0) is 86.5 Å². The fraction of sp³-hybridized carbons (Fsp3) is 0.0612. The van der Waals surface area contributed by atoms with E-state index in [9.17, 15) is 0 Å². The highest BCUT2D eigenvalue weighted by Crippen LogP contribution is 2.59. The molecule has 10 rings (SSSR count). The predicted molar refractivity (Wildman–Crippen MR) is 205 cm³/mol. The standard InChI is InChI=1S/C49H34O/c1-48(36-18-5-2-6-19-36)42-25-13-14-27-46(42)50-47-39(24-15-26-43(47)48)35-28-29-40-41-30-33-16-11-12-17-34(33)31-45(41)49(44(40)32-35,37-20-7-3-8-21-37)38-22-9-4-10-23-38/h2-32H,1H3. The highest BCUT2D eigenvalue weighted by Gasteiger charge is 2.47. The van der Waals surface area contributed by atoms with Crippen molar-refractivity contribution in [2.24, 2.45) is 0 Å². The molecule has 8 aromatic rings. The Morgan fingerprint density at radius 1 is 0.380 bits per heavy atom. The molecule has 2 aliphatic rings. The Balaban J connectivity index is 1.26. The molecule has 50 heavy (non-hydrogen) atoms. The largest absolute Gasteiger partial charge is 0.456 e. The molecule has 1 unspecified atom stereocenters. The fourth-order valence-electron chi connectivity index (χ4n) is 8.91. The van der Waals surface area contributed by atoms with Gasteiger partial charge in [-0.15, -0.1) is 0 Å². The Bertz CT molecular complexity index is 2530. The third-order valence-corrected chi connectivity index (χ3v) is 11.3. The van der Waals surface area contributed by atoms with Gasteiger partial charge in [0.05, 0.1) is 5.41 Å². The van der Waals surface area contributed by atoms with Gasteiger partial charge in [0.15, 0.2) is 0 Å². The molecule has 1 heteroatoms. The average molecular weight is 639 g/mol. The van der Waals surface area contributed by atoms with E-state index in [0.29, 0.717) is 0 Å². The minimum absolute atomic E-state index is 0.383. The molecule has 0 fully saturated rings. The van der Waals surface area contributed by atoms with Crippen molar-refractivity contribution >= 4 is 10.8 Å². The normalized spacial score (nSPS) is 16.5. The van der Waals surface area contributed by atoms with E-state index in [4.69, 9.17) is 4.74 Å². The van der Waals surface area contributed by atoms with Crippen LogP contribution < -0.4 is 4.74 Å². The zero-order valence-electron chi connectivity index (χ0n) is 27.8. The Kier molecular flexibility index (Phi) is 6.29. The van der Waals surface area contributed by atoms with Gasteiger partial charge in [-0.2, -0.15) is 0 Å². The van der Waals surface area contributed by atoms with Crippen molar-refractivity contribution in [1.29, 1.82) is 0 Å². The lowest BCUT2D eigenvalue weighted by molar-refractivity contribution is 0.429. The second-order valence-electron chi connectivity index (χ2n) is 13.8. The molecule has 0 amide bonds. The molecule has 0 radical (unpaired) electrons. The van der Waals surface area contributed by atoms with Crippen LogP contribution in [0, 0.1) is 0 Å². The third kappa shape index (κ3) is 3.95. The molecule has 1 atom stereocenters. The highest BCUT2D eigenvalue weighted by atomic mass is 16.5. The third-order valence-electron chi connectivity index (χ3n) is 11.3. The first-order valence-corrected chi connectivity index (χ1v) is 17.4. The quantitative estimate of drug-likeness (QED) is 0.186. The summed E-state index contributed by atoms with van der Waals surface area (Å²) in [6, 6.07) is 68.8. The topological polar surface area (TPSA) is 9.23 Å². The summed E-state index contributed by atoms with van der Waals surface area (Å²) in [5, 5.41) is 2.50. The van der Waals surface area contributed by atoms with E-state index in [0.717, 1.165) is 22.6 Å². The molecule has 1 aliphatic heterocycles. The van der Waals surface area contributed by atoms with Crippen LogP contribution in [0.2, 0.25) is 0 Å². The van der Waals surface area contributed by atoms with Gasteiger partial charge in [0.25, 0.3) is 0 Å². The maximum Gasteiger partial charge on any atom is 0.139 e. The van der Waals surface area contributed by atoms with Gasteiger partial charge in [-0.1, -0.05) is 164 Å². The number of rotatable bonds is 4. The number of ether oxygens (including phenoxy) is 1. The smallest absolute Gasteiger partial charge is 0.139 e. The van der Waals surface area contributed by atoms with Crippen LogP contribution in [0.4, 0.5) is 0 Å². The van der Waals surface area contributed by atoms with Gasteiger partial charge in [0.1, 0.15) is 11.5 Å². The van der Waals surface area contributed by atoms with E-state index in [2.05, 4.69) is 195 Å². The van der Waals surface area contributed by atoms with Gasteiger partial charge in [0, 0.05) is 22.1 Å². The molecule has 236 valence electrons. The van der Waals surface area contributed by atoms with Crippen molar-refractivity contribution in [3.63, 3.8) is 0 Å². The molecule has 0 saturated heterocycles. The SMILES string of the molecule is CC1(c2ccccc2)c2ccccc2Oc2c(-c3ccc4c(c3)C(c3ccccc3)(c3ccccc3)c3cc5ccccc5cc3-4)cccc21. The number of hydrogen-bond donors (Lipinski definition) is 0. The number of fused-ring (bicyclic) bond motifs is 6. The first-order chi connectivity index (χ1) is 24.7. The molecule has 0 N–H and O–H groups in total. The first-order valence-electron chi connectivity index (χ1n) is 17.4. The summed E-state index contributed by atoms with van der Waals surface area (Å²) in [6.45, 7) is 2.34. The maximum absolute atomic E-state index is 6.93. The molecule has 1 nitrogen and oxygen atoms in total. The summed E-state index contributed by atoms with van der Waals surface area (Å²) in [4.78, 5) is 0. The van der Waals surface area contributed by atoms with E-state index in [-0.39, 0.29) is 5.41 Å². The maximum atomic E-state index is 6.93. The van der Waals surface area contributed by atoms with Crippen LogP contribution in [-0.4, -0.2) is 0 Å². The van der Waals surface area contributed by atoms with E-state index < -0.39 is 5.41 Å². The van der Waals surface area contributed by atoms with E-state index >= 15 is 0 Å². The molecular formula is C49H34O. The monoisotopic (exact) mass is 638 g/mol. The van der Waals surface area contributed by atoms with Crippen molar-refractivity contribution in [2.45, 2.75) is 17.8 Å². The second-order valence-corrected chi connectivity index (χ2v) is 13.8. The van der Waals surface area contributed by atoms with Crippen LogP contribution in [0.25, 0.3) is 33.0 Å². The summed E-state index contributed by atoms with van der Waals surface area (Å²) >= 11 is 0. The number of para-hydroxylation sites is 2. The molecule has 0 aromatic heterocycles. The van der Waals surface area contributed by atoms with Crippen molar-refractivity contribution in [2.75, 3.05) is 0 Å². The van der Waals surface area contributed by atoms with Gasteiger partial charge in [-0.3, -0.25) is 0 Å². The lowest BCUT2D eigenvalue weighted by Crippen LogP contribution is -2.29. The second kappa shape index (κ2) is 10.9. The van der Waals surface area contributed by atoms with Gasteiger partial charge in [-0.25, -0.2) is 0 Å². The van der Waals surface area contributed by atoms with Crippen molar-refractivity contribution in [3.8, 4) is 33.8 Å². The van der Waals surface area contributed by atoms with Crippen LogP contribution in [0.15, 0.2) is 188 Å². The van der Waals surface area contributed by atoms with Crippen LogP contribution in [-0.2, 0) is 10.8 Å². The first kappa shape index (κ1) is 28.8. The predicted octanol–water partition coefficient (Wildman–Crippen LogP) is 12.3.